The molecule has 0 aromatic heterocycles. The van der Waals surface area contributed by atoms with Crippen molar-refractivity contribution >= 4 is 17.3 Å². The fourth-order valence-electron chi connectivity index (χ4n) is 4.73. The average Bonchev–Trinajstić information content (AvgIpc) is 2.74. The number of halogens is 1. The zero-order valence-electron chi connectivity index (χ0n) is 20.3. The summed E-state index contributed by atoms with van der Waals surface area (Å²) in [5, 5.41) is 10.5. The molecule has 1 atom stereocenters. The van der Waals surface area contributed by atoms with E-state index in [1.54, 1.807) is 11.8 Å². The van der Waals surface area contributed by atoms with Crippen molar-refractivity contribution in [1.82, 2.24) is 4.90 Å². The molecule has 1 unspecified atom stereocenters. The minimum absolute atomic E-state index is 0.0262. The molecule has 0 bridgehead atoms. The van der Waals surface area contributed by atoms with Crippen LogP contribution in [0.5, 0.6) is 0 Å². The summed E-state index contributed by atoms with van der Waals surface area (Å²) in [4.78, 5) is 4.65. The first-order chi connectivity index (χ1) is 15.1. The van der Waals surface area contributed by atoms with E-state index < -0.39 is 0 Å². The lowest BCUT2D eigenvalue weighted by atomic mass is 9.83. The Morgan fingerprint density at radius 1 is 0.906 bits per heavy atom. The van der Waals surface area contributed by atoms with Crippen LogP contribution in [-0.2, 0) is 0 Å². The van der Waals surface area contributed by atoms with E-state index in [0.29, 0.717) is 17.8 Å². The maximum absolute atomic E-state index is 13.8. The highest BCUT2D eigenvalue weighted by Gasteiger charge is 2.36. The number of likely N-dealkylation sites (N-methyl/N-ethyl adjacent to an activating group) is 1. The molecule has 0 aliphatic carbocycles. The maximum Gasteiger partial charge on any atom is 0.123 e. The summed E-state index contributed by atoms with van der Waals surface area (Å²) in [5.41, 5.74) is 5.58. The Morgan fingerprint density at radius 2 is 1.50 bits per heavy atom. The lowest BCUT2D eigenvalue weighted by Gasteiger charge is -2.44. The Bertz CT molecular complexity index is 987. The van der Waals surface area contributed by atoms with Crippen molar-refractivity contribution in [2.45, 2.75) is 58.4 Å². The quantitative estimate of drug-likeness (QED) is 0.475. The lowest BCUT2D eigenvalue weighted by molar-refractivity contribution is 0.220. The molecule has 2 aromatic carbocycles. The molecule has 0 fully saturated rings. The van der Waals surface area contributed by atoms with Crippen molar-refractivity contribution in [3.8, 4) is 0 Å². The van der Waals surface area contributed by atoms with Gasteiger partial charge in [0, 0.05) is 28.1 Å². The van der Waals surface area contributed by atoms with E-state index in [4.69, 9.17) is 0 Å². The van der Waals surface area contributed by atoms with Gasteiger partial charge in [-0.05, 0) is 58.7 Å². The molecule has 0 amide bonds. The number of benzene rings is 2. The minimum Gasteiger partial charge on any atom is -0.392 e. The fourth-order valence-corrected chi connectivity index (χ4v) is 6.08. The molecule has 4 heteroatoms. The largest absolute Gasteiger partial charge is 0.392 e. The van der Waals surface area contributed by atoms with Gasteiger partial charge in [-0.1, -0.05) is 77.6 Å². The molecule has 0 saturated carbocycles. The summed E-state index contributed by atoms with van der Waals surface area (Å²) in [6, 6.07) is 15.5. The zero-order valence-corrected chi connectivity index (χ0v) is 21.1. The average molecular weight is 454 g/mol. The molecule has 1 aliphatic rings. The van der Waals surface area contributed by atoms with Gasteiger partial charge in [-0.2, -0.15) is 0 Å². The van der Waals surface area contributed by atoms with E-state index in [1.807, 2.05) is 12.1 Å². The van der Waals surface area contributed by atoms with Crippen LogP contribution < -0.4 is 0 Å². The van der Waals surface area contributed by atoms with Crippen molar-refractivity contribution < 1.29 is 9.50 Å². The number of nitrogens with zero attached hydrogens (tertiary/aromatic N) is 1. The monoisotopic (exact) mass is 453 g/mol. The molecule has 1 aliphatic heterocycles. The van der Waals surface area contributed by atoms with Gasteiger partial charge < -0.3 is 10.0 Å². The fraction of sp³-hybridized carbons (Fsp3) is 0.429. The number of aliphatic hydroxyl groups is 1. The molecule has 0 saturated heterocycles. The number of thioether (sulfide) groups is 1. The van der Waals surface area contributed by atoms with E-state index in [2.05, 4.69) is 77.8 Å². The molecular weight excluding hydrogens is 417 g/mol. The first-order valence-electron chi connectivity index (χ1n) is 11.5. The maximum atomic E-state index is 13.8. The van der Waals surface area contributed by atoms with Crippen LogP contribution in [0.15, 0.2) is 69.6 Å². The normalized spacial score (nSPS) is 17.4. The second-order valence-corrected chi connectivity index (χ2v) is 10.6. The van der Waals surface area contributed by atoms with Crippen LogP contribution in [0.2, 0.25) is 0 Å². The molecule has 32 heavy (non-hydrogen) atoms. The Hall–Kier alpha value is -2.04. The van der Waals surface area contributed by atoms with Crippen LogP contribution in [0, 0.1) is 17.7 Å². The van der Waals surface area contributed by atoms with Gasteiger partial charge in [0.15, 0.2) is 0 Å². The van der Waals surface area contributed by atoms with Crippen molar-refractivity contribution in [3.05, 3.63) is 81.7 Å². The van der Waals surface area contributed by atoms with Crippen LogP contribution in [0.3, 0.4) is 0 Å². The van der Waals surface area contributed by atoms with Gasteiger partial charge in [0.1, 0.15) is 5.82 Å². The predicted molar refractivity (Wildman–Crippen MR) is 135 cm³/mol. The van der Waals surface area contributed by atoms with Crippen molar-refractivity contribution in [1.29, 1.82) is 0 Å². The van der Waals surface area contributed by atoms with Crippen molar-refractivity contribution in [2.24, 2.45) is 11.8 Å². The van der Waals surface area contributed by atoms with Crippen LogP contribution in [0.4, 0.5) is 4.39 Å². The summed E-state index contributed by atoms with van der Waals surface area (Å²) in [7, 11) is 2.14. The zero-order chi connectivity index (χ0) is 23.6. The number of allylic oxidation sites excluding steroid dienone is 2. The summed E-state index contributed by atoms with van der Waals surface area (Å²) in [6.45, 7) is 13.2. The molecular formula is C28H36FNOS. The third-order valence-electron chi connectivity index (χ3n) is 6.18. The van der Waals surface area contributed by atoms with Crippen LogP contribution in [0.25, 0.3) is 5.57 Å². The first-order valence-corrected chi connectivity index (χ1v) is 12.3. The molecule has 3 rings (SSSR count). The molecule has 0 spiro atoms. The van der Waals surface area contributed by atoms with E-state index in [1.165, 1.54) is 23.4 Å². The Morgan fingerprint density at radius 3 is 1.97 bits per heavy atom. The minimum atomic E-state index is -0.250. The second kappa shape index (κ2) is 10.3. The smallest absolute Gasteiger partial charge is 0.123 e. The molecule has 0 radical (unpaired) electrons. The van der Waals surface area contributed by atoms with Crippen molar-refractivity contribution in [3.63, 3.8) is 0 Å². The molecule has 172 valence electrons. The van der Waals surface area contributed by atoms with Gasteiger partial charge in [-0.3, -0.25) is 0 Å². The SMILES string of the molecule is CC(C)C1=C(Sc2ccc(C(C)C)cc2)C(c2ccc(F)cc2)=C(CO)C(C(C)C)N1C. The summed E-state index contributed by atoms with van der Waals surface area (Å²) < 4.78 is 13.8. The number of rotatable bonds is 7. The van der Waals surface area contributed by atoms with Crippen LogP contribution >= 0.6 is 11.8 Å². The van der Waals surface area contributed by atoms with Crippen LogP contribution in [-0.4, -0.2) is 29.7 Å². The molecule has 1 heterocycles. The van der Waals surface area contributed by atoms with Gasteiger partial charge in [-0.15, -0.1) is 0 Å². The number of hydrogen-bond donors (Lipinski definition) is 1. The Labute approximate surface area is 197 Å². The highest BCUT2D eigenvalue weighted by atomic mass is 32.2. The molecule has 2 nitrogen and oxygen atoms in total. The number of hydrogen-bond acceptors (Lipinski definition) is 3. The summed E-state index contributed by atoms with van der Waals surface area (Å²) >= 11 is 1.74. The highest BCUT2D eigenvalue weighted by molar-refractivity contribution is 8.03. The Balaban J connectivity index is 2.23. The lowest BCUT2D eigenvalue weighted by Crippen LogP contribution is -2.42. The van der Waals surface area contributed by atoms with Gasteiger partial charge >= 0.3 is 0 Å². The third kappa shape index (κ3) is 4.97. The number of aliphatic hydroxyl groups excluding tert-OH is 1. The molecule has 1 N–H and O–H groups in total. The van der Waals surface area contributed by atoms with E-state index >= 15 is 0 Å². The van der Waals surface area contributed by atoms with Gasteiger partial charge in [0.25, 0.3) is 0 Å². The van der Waals surface area contributed by atoms with Crippen molar-refractivity contribution in [2.75, 3.05) is 13.7 Å². The third-order valence-corrected chi connectivity index (χ3v) is 7.31. The van der Waals surface area contributed by atoms with E-state index in [-0.39, 0.29) is 18.5 Å². The van der Waals surface area contributed by atoms with E-state index in [0.717, 1.165) is 26.5 Å². The summed E-state index contributed by atoms with van der Waals surface area (Å²) in [6.07, 6.45) is 0. The van der Waals surface area contributed by atoms with Crippen LogP contribution in [0.1, 0.15) is 58.6 Å². The topological polar surface area (TPSA) is 23.5 Å². The van der Waals surface area contributed by atoms with E-state index in [9.17, 15) is 9.50 Å². The van der Waals surface area contributed by atoms with Gasteiger partial charge in [0.2, 0.25) is 0 Å². The predicted octanol–water partition coefficient (Wildman–Crippen LogP) is 7.32. The standard InChI is InChI=1S/C28H36FNOS/c1-17(2)20-10-14-23(15-11-20)32-28-25(21-8-12-22(29)13-9-21)24(16-31)26(18(3)4)30(7)27(28)19(5)6/h8-15,17-19,26,31H,16H2,1-7H3. The first kappa shape index (κ1) is 24.6. The van der Waals surface area contributed by atoms with Gasteiger partial charge in [-0.25, -0.2) is 4.39 Å². The van der Waals surface area contributed by atoms with Gasteiger partial charge in [0.05, 0.1) is 12.6 Å². The summed E-state index contributed by atoms with van der Waals surface area (Å²) in [5.74, 6) is 0.861. The molecule has 2 aromatic rings. The Kier molecular flexibility index (Phi) is 7.89. The highest BCUT2D eigenvalue weighted by Crippen LogP contribution is 2.48. The second-order valence-electron chi connectivity index (χ2n) is 9.56.